The Bertz CT molecular complexity index is 613. The van der Waals surface area contributed by atoms with Gasteiger partial charge in [0, 0.05) is 7.11 Å². The lowest BCUT2D eigenvalue weighted by atomic mass is 10.1. The summed E-state index contributed by atoms with van der Waals surface area (Å²) in [4.78, 5) is 10.8. The number of hydroxylamine groups is 2. The summed E-state index contributed by atoms with van der Waals surface area (Å²) in [6.07, 6.45) is 1.16. The van der Waals surface area contributed by atoms with E-state index in [4.69, 9.17) is 28.8 Å². The molecular formula is C18H26N2O5S. The quantitative estimate of drug-likeness (QED) is 0.701. The molecule has 144 valence electrons. The number of fused-ring (bicyclic) bond motifs is 1. The lowest BCUT2D eigenvalue weighted by Crippen LogP contribution is -2.62. The molecule has 2 heterocycles. The Morgan fingerprint density at radius 3 is 2.77 bits per heavy atom. The first-order valence-electron chi connectivity index (χ1n) is 8.54. The van der Waals surface area contributed by atoms with Crippen molar-refractivity contribution >= 4 is 16.9 Å². The van der Waals surface area contributed by atoms with E-state index in [1.165, 1.54) is 11.8 Å². The van der Waals surface area contributed by atoms with E-state index in [2.05, 4.69) is 0 Å². The van der Waals surface area contributed by atoms with Gasteiger partial charge in [0.05, 0.1) is 6.61 Å². The largest absolute Gasteiger partial charge is 0.359 e. The summed E-state index contributed by atoms with van der Waals surface area (Å²) < 4.78 is 22.9. The van der Waals surface area contributed by atoms with Crippen LogP contribution >= 0.6 is 11.8 Å². The highest BCUT2D eigenvalue weighted by molar-refractivity contribution is 8.13. The summed E-state index contributed by atoms with van der Waals surface area (Å²) in [7, 11) is 1.59. The van der Waals surface area contributed by atoms with Crippen LogP contribution in [0.25, 0.3) is 0 Å². The van der Waals surface area contributed by atoms with Crippen molar-refractivity contribution in [2.75, 3.05) is 26.8 Å². The van der Waals surface area contributed by atoms with Gasteiger partial charge in [-0.1, -0.05) is 42.1 Å². The van der Waals surface area contributed by atoms with Crippen molar-refractivity contribution in [3.8, 4) is 0 Å². The van der Waals surface area contributed by atoms with Gasteiger partial charge >= 0.3 is 0 Å². The Kier molecular flexibility index (Phi) is 6.55. The zero-order valence-electron chi connectivity index (χ0n) is 15.6. The minimum Gasteiger partial charge on any atom is -0.359 e. The SMILES string of the molecule is COCO[C@@H]1[C@H]2OC(C)(C)OC[C@H]2N=C(SC)N1OCc1ccccc1. The van der Waals surface area contributed by atoms with Crippen LogP contribution in [-0.2, 0) is 30.4 Å². The van der Waals surface area contributed by atoms with E-state index in [0.29, 0.717) is 13.2 Å². The zero-order valence-corrected chi connectivity index (χ0v) is 16.4. The fraction of sp³-hybridized carbons (Fsp3) is 0.611. The molecule has 2 aliphatic rings. The highest BCUT2D eigenvalue weighted by atomic mass is 32.2. The summed E-state index contributed by atoms with van der Waals surface area (Å²) in [5, 5.41) is 2.43. The number of rotatable bonds is 6. The van der Waals surface area contributed by atoms with Crippen molar-refractivity contribution in [1.82, 2.24) is 5.06 Å². The average molecular weight is 382 g/mol. The van der Waals surface area contributed by atoms with E-state index in [9.17, 15) is 0 Å². The molecular weight excluding hydrogens is 356 g/mol. The first-order valence-corrected chi connectivity index (χ1v) is 9.77. The van der Waals surface area contributed by atoms with Crippen molar-refractivity contribution in [1.29, 1.82) is 0 Å². The van der Waals surface area contributed by atoms with Crippen molar-refractivity contribution in [2.24, 2.45) is 4.99 Å². The van der Waals surface area contributed by atoms with E-state index in [0.717, 1.165) is 10.7 Å². The maximum Gasteiger partial charge on any atom is 0.187 e. The van der Waals surface area contributed by atoms with Gasteiger partial charge < -0.3 is 18.9 Å². The van der Waals surface area contributed by atoms with Gasteiger partial charge in [0.15, 0.2) is 17.2 Å². The van der Waals surface area contributed by atoms with Gasteiger partial charge in [0.2, 0.25) is 0 Å². The van der Waals surface area contributed by atoms with Gasteiger partial charge in [-0.05, 0) is 25.7 Å². The third kappa shape index (κ3) is 4.57. The molecule has 0 radical (unpaired) electrons. The molecule has 0 aliphatic carbocycles. The van der Waals surface area contributed by atoms with Crippen LogP contribution in [-0.4, -0.2) is 61.2 Å². The van der Waals surface area contributed by atoms with Crippen LogP contribution in [0.3, 0.4) is 0 Å². The number of ether oxygens (including phenoxy) is 4. The maximum absolute atomic E-state index is 6.12. The average Bonchev–Trinajstić information content (AvgIpc) is 2.64. The molecule has 3 atom stereocenters. The fourth-order valence-electron chi connectivity index (χ4n) is 2.91. The molecule has 0 bridgehead atoms. The second-order valence-corrected chi connectivity index (χ2v) is 7.30. The van der Waals surface area contributed by atoms with Crippen LogP contribution < -0.4 is 0 Å². The van der Waals surface area contributed by atoms with Gasteiger partial charge in [0.1, 0.15) is 25.5 Å². The van der Waals surface area contributed by atoms with Gasteiger partial charge in [-0.3, -0.25) is 9.83 Å². The predicted molar refractivity (Wildman–Crippen MR) is 99.5 cm³/mol. The van der Waals surface area contributed by atoms with Gasteiger partial charge in [0.25, 0.3) is 0 Å². The molecule has 1 aromatic rings. The molecule has 26 heavy (non-hydrogen) atoms. The highest BCUT2D eigenvalue weighted by Crippen LogP contribution is 2.33. The van der Waals surface area contributed by atoms with Gasteiger partial charge in [-0.15, -0.1) is 0 Å². The summed E-state index contributed by atoms with van der Waals surface area (Å²) >= 11 is 1.50. The van der Waals surface area contributed by atoms with E-state index < -0.39 is 12.0 Å². The molecule has 0 N–H and O–H groups in total. The van der Waals surface area contributed by atoms with E-state index >= 15 is 0 Å². The Balaban J connectivity index is 1.82. The van der Waals surface area contributed by atoms with E-state index in [1.807, 2.05) is 50.4 Å². The molecule has 2 aliphatic heterocycles. The number of methoxy groups -OCH3 is 1. The van der Waals surface area contributed by atoms with Crippen molar-refractivity contribution in [3.05, 3.63) is 35.9 Å². The van der Waals surface area contributed by atoms with E-state index in [-0.39, 0.29) is 18.9 Å². The molecule has 0 unspecified atom stereocenters. The molecule has 8 heteroatoms. The molecule has 1 fully saturated rings. The van der Waals surface area contributed by atoms with Crippen LogP contribution in [0, 0.1) is 0 Å². The molecule has 0 amide bonds. The summed E-state index contributed by atoms with van der Waals surface area (Å²) in [5.41, 5.74) is 1.06. The fourth-order valence-corrected chi connectivity index (χ4v) is 3.49. The first-order chi connectivity index (χ1) is 12.5. The van der Waals surface area contributed by atoms with Crippen LogP contribution in [0.5, 0.6) is 0 Å². The van der Waals surface area contributed by atoms with Crippen molar-refractivity contribution in [3.63, 3.8) is 0 Å². The summed E-state index contributed by atoms with van der Waals surface area (Å²) in [6.45, 7) is 4.79. The van der Waals surface area contributed by atoms with Crippen LogP contribution in [0.2, 0.25) is 0 Å². The lowest BCUT2D eigenvalue weighted by molar-refractivity contribution is -0.342. The third-order valence-electron chi connectivity index (χ3n) is 4.13. The Hall–Kier alpha value is -1.16. The second-order valence-electron chi connectivity index (χ2n) is 6.53. The standard InChI is InChI=1S/C18H26N2O5S/c1-18(2)23-11-14-15(25-18)16(22-12-21-3)20(17(19-14)26-4)24-10-13-8-6-5-7-9-13/h5-9,14-16H,10-12H2,1-4H3/t14-,15+,16-/m1/s1. The molecule has 0 aromatic heterocycles. The second kappa shape index (κ2) is 8.69. The lowest BCUT2D eigenvalue weighted by Gasteiger charge is -2.48. The van der Waals surface area contributed by atoms with Gasteiger partial charge in [-0.2, -0.15) is 5.06 Å². The van der Waals surface area contributed by atoms with Gasteiger partial charge in [-0.25, -0.2) is 0 Å². The summed E-state index contributed by atoms with van der Waals surface area (Å²) in [5.74, 6) is -0.701. The Morgan fingerprint density at radius 2 is 2.08 bits per heavy atom. The minimum atomic E-state index is -0.701. The molecule has 1 saturated heterocycles. The predicted octanol–water partition coefficient (Wildman–Crippen LogP) is 2.62. The number of hydrogen-bond acceptors (Lipinski definition) is 8. The molecule has 7 nitrogen and oxygen atoms in total. The number of hydrogen-bond donors (Lipinski definition) is 0. The van der Waals surface area contributed by atoms with Crippen LogP contribution in [0.1, 0.15) is 19.4 Å². The normalized spacial score (nSPS) is 27.8. The molecule has 0 spiro atoms. The number of nitrogens with zero attached hydrogens (tertiary/aromatic N) is 2. The van der Waals surface area contributed by atoms with Crippen LogP contribution in [0.4, 0.5) is 0 Å². The Labute approximate surface area is 158 Å². The smallest absolute Gasteiger partial charge is 0.187 e. The number of thioether (sulfide) groups is 1. The maximum atomic E-state index is 6.12. The zero-order chi connectivity index (χ0) is 18.6. The third-order valence-corrected chi connectivity index (χ3v) is 4.78. The van der Waals surface area contributed by atoms with Crippen molar-refractivity contribution in [2.45, 2.75) is 44.6 Å². The number of aliphatic imine (C=N–C) groups is 1. The Morgan fingerprint density at radius 1 is 1.31 bits per heavy atom. The molecule has 3 rings (SSSR count). The monoisotopic (exact) mass is 382 g/mol. The first kappa shape index (κ1) is 19.6. The number of benzene rings is 1. The molecule has 1 aromatic carbocycles. The number of amidine groups is 1. The minimum absolute atomic E-state index is 0.130. The highest BCUT2D eigenvalue weighted by Gasteiger charge is 2.48. The van der Waals surface area contributed by atoms with E-state index in [1.54, 1.807) is 12.2 Å². The molecule has 0 saturated carbocycles. The van der Waals surface area contributed by atoms with Crippen molar-refractivity contribution < 1.29 is 23.8 Å². The van der Waals surface area contributed by atoms with Crippen LogP contribution in [0.15, 0.2) is 35.3 Å². The topological polar surface area (TPSA) is 61.8 Å². The summed E-state index contributed by atoms with van der Waals surface area (Å²) in [6, 6.07) is 9.83.